The van der Waals surface area contributed by atoms with Gasteiger partial charge in [-0.15, -0.1) is 0 Å². The first kappa shape index (κ1) is 15.8. The number of nitrogens with zero attached hydrogens (tertiary/aromatic N) is 2. The summed E-state index contributed by atoms with van der Waals surface area (Å²) in [6, 6.07) is 6.14. The van der Waals surface area contributed by atoms with Gasteiger partial charge < -0.3 is 15.7 Å². The van der Waals surface area contributed by atoms with Crippen LogP contribution >= 0.6 is 0 Å². The van der Waals surface area contributed by atoms with E-state index in [1.807, 2.05) is 18.2 Å². The smallest absolute Gasteiger partial charge is 0.126 e. The molecule has 1 aliphatic carbocycles. The number of benzene rings is 1. The average Bonchev–Trinajstić information content (AvgIpc) is 2.49. The van der Waals surface area contributed by atoms with E-state index in [-0.39, 0.29) is 17.8 Å². The van der Waals surface area contributed by atoms with Gasteiger partial charge in [0, 0.05) is 42.7 Å². The van der Waals surface area contributed by atoms with Crippen molar-refractivity contribution in [2.75, 3.05) is 18.0 Å². The number of aliphatic imine (C=N–C) groups is 1. The Kier molecular flexibility index (Phi) is 5.62. The van der Waals surface area contributed by atoms with E-state index in [0.29, 0.717) is 0 Å². The zero-order valence-electron chi connectivity index (χ0n) is 13.1. The van der Waals surface area contributed by atoms with Crippen LogP contribution in [0.25, 0.3) is 0 Å². The maximum absolute atomic E-state index is 10.2. The van der Waals surface area contributed by atoms with Gasteiger partial charge in [-0.1, -0.05) is 12.8 Å². The van der Waals surface area contributed by atoms with E-state index in [4.69, 9.17) is 5.73 Å². The molecule has 21 heavy (non-hydrogen) atoms. The van der Waals surface area contributed by atoms with E-state index in [1.54, 1.807) is 6.21 Å². The van der Waals surface area contributed by atoms with Gasteiger partial charge in [0.2, 0.25) is 0 Å². The molecule has 1 fully saturated rings. The number of hydrogen-bond donors (Lipinski definition) is 2. The number of aromatic hydroxyl groups is 1. The summed E-state index contributed by atoms with van der Waals surface area (Å²) in [5, 5.41) is 10.2. The highest BCUT2D eigenvalue weighted by Gasteiger charge is 2.20. The molecule has 0 heterocycles. The van der Waals surface area contributed by atoms with Crippen LogP contribution in [0.15, 0.2) is 23.2 Å². The van der Waals surface area contributed by atoms with Gasteiger partial charge in [0.1, 0.15) is 5.75 Å². The highest BCUT2D eigenvalue weighted by Crippen LogP contribution is 2.24. The highest BCUT2D eigenvalue weighted by molar-refractivity contribution is 5.84. The molecule has 2 atom stereocenters. The minimum atomic E-state index is 0.159. The van der Waals surface area contributed by atoms with Crippen LogP contribution in [0, 0.1) is 0 Å². The summed E-state index contributed by atoms with van der Waals surface area (Å²) in [5.74, 6) is 0.285. The van der Waals surface area contributed by atoms with Crippen molar-refractivity contribution in [3.63, 3.8) is 0 Å². The second-order valence-electron chi connectivity index (χ2n) is 5.71. The van der Waals surface area contributed by atoms with Crippen molar-refractivity contribution in [1.29, 1.82) is 0 Å². The van der Waals surface area contributed by atoms with Crippen molar-refractivity contribution in [2.45, 2.75) is 51.6 Å². The van der Waals surface area contributed by atoms with Gasteiger partial charge in [-0.2, -0.15) is 0 Å². The molecule has 0 amide bonds. The molecule has 4 heteroatoms. The van der Waals surface area contributed by atoms with Gasteiger partial charge in [0.05, 0.1) is 6.04 Å². The van der Waals surface area contributed by atoms with Gasteiger partial charge in [0.15, 0.2) is 0 Å². The Hall–Kier alpha value is -1.55. The first-order chi connectivity index (χ1) is 10.2. The Morgan fingerprint density at radius 2 is 2.00 bits per heavy atom. The summed E-state index contributed by atoms with van der Waals surface area (Å²) in [5.41, 5.74) is 7.91. The molecule has 2 rings (SSSR count). The number of anilines is 1. The predicted molar refractivity (Wildman–Crippen MR) is 89.5 cm³/mol. The van der Waals surface area contributed by atoms with Crippen molar-refractivity contribution in [1.82, 2.24) is 0 Å². The number of nitrogens with two attached hydrogens (primary N) is 1. The van der Waals surface area contributed by atoms with Crippen LogP contribution in [0.5, 0.6) is 5.75 Å². The fourth-order valence-corrected chi connectivity index (χ4v) is 2.93. The summed E-state index contributed by atoms with van der Waals surface area (Å²) in [7, 11) is 0. The van der Waals surface area contributed by atoms with E-state index in [1.165, 1.54) is 12.8 Å². The lowest BCUT2D eigenvalue weighted by Gasteiger charge is -2.25. The van der Waals surface area contributed by atoms with Crippen LogP contribution in [0.1, 0.15) is 45.1 Å². The number of hydrogen-bond acceptors (Lipinski definition) is 4. The largest absolute Gasteiger partial charge is 0.507 e. The topological polar surface area (TPSA) is 61.8 Å². The second kappa shape index (κ2) is 7.46. The van der Waals surface area contributed by atoms with Crippen molar-refractivity contribution < 1.29 is 5.11 Å². The summed E-state index contributed by atoms with van der Waals surface area (Å²) < 4.78 is 0. The molecule has 1 aromatic carbocycles. The van der Waals surface area contributed by atoms with Gasteiger partial charge >= 0.3 is 0 Å². The first-order valence-electron chi connectivity index (χ1n) is 8.02. The van der Waals surface area contributed by atoms with E-state index in [2.05, 4.69) is 23.7 Å². The second-order valence-corrected chi connectivity index (χ2v) is 5.71. The zero-order chi connectivity index (χ0) is 15.2. The monoisotopic (exact) mass is 289 g/mol. The minimum absolute atomic E-state index is 0.159. The molecule has 0 unspecified atom stereocenters. The molecule has 1 aliphatic rings. The third-order valence-corrected chi connectivity index (χ3v) is 4.33. The summed E-state index contributed by atoms with van der Waals surface area (Å²) >= 11 is 0. The Morgan fingerprint density at radius 1 is 1.29 bits per heavy atom. The van der Waals surface area contributed by atoms with Crippen molar-refractivity contribution in [3.05, 3.63) is 23.8 Å². The fourth-order valence-electron chi connectivity index (χ4n) is 2.93. The Balaban J connectivity index is 2.10. The molecule has 0 bridgehead atoms. The van der Waals surface area contributed by atoms with E-state index in [0.717, 1.165) is 37.2 Å². The van der Waals surface area contributed by atoms with Crippen LogP contribution in [-0.2, 0) is 0 Å². The molecular weight excluding hydrogens is 262 g/mol. The third kappa shape index (κ3) is 3.97. The fraction of sp³-hybridized carbons (Fsp3) is 0.588. The van der Waals surface area contributed by atoms with Gasteiger partial charge in [-0.25, -0.2) is 0 Å². The Labute approximate surface area is 127 Å². The molecule has 1 saturated carbocycles. The quantitative estimate of drug-likeness (QED) is 0.819. The Morgan fingerprint density at radius 3 is 2.62 bits per heavy atom. The lowest BCUT2D eigenvalue weighted by Crippen LogP contribution is -2.36. The van der Waals surface area contributed by atoms with Crippen molar-refractivity contribution in [2.24, 2.45) is 10.7 Å². The lowest BCUT2D eigenvalue weighted by atomic mass is 9.91. The Bertz CT molecular complexity index is 483. The van der Waals surface area contributed by atoms with Crippen LogP contribution in [0.4, 0.5) is 5.69 Å². The SMILES string of the molecule is CCN(CC)c1ccc(C=N[C@H]2CCCC[C@@H]2N)c(O)c1. The maximum Gasteiger partial charge on any atom is 0.126 e. The summed E-state index contributed by atoms with van der Waals surface area (Å²) in [6.07, 6.45) is 6.28. The maximum atomic E-state index is 10.2. The van der Waals surface area contributed by atoms with E-state index >= 15 is 0 Å². The van der Waals surface area contributed by atoms with Crippen LogP contribution < -0.4 is 10.6 Å². The molecular formula is C17H27N3O. The van der Waals surface area contributed by atoms with Gasteiger partial charge in [0.25, 0.3) is 0 Å². The van der Waals surface area contributed by atoms with Gasteiger partial charge in [-0.05, 0) is 38.8 Å². The standard InChI is InChI=1S/C17H27N3O/c1-3-20(4-2)14-10-9-13(17(21)11-14)12-19-16-8-6-5-7-15(16)18/h9-12,15-16,21H,3-8,18H2,1-2H3/t15-,16-/m0/s1. The van der Waals surface area contributed by atoms with Crippen LogP contribution in [-0.4, -0.2) is 36.5 Å². The minimum Gasteiger partial charge on any atom is -0.507 e. The average molecular weight is 289 g/mol. The predicted octanol–water partition coefficient (Wildman–Crippen LogP) is 2.93. The molecule has 0 aromatic heterocycles. The molecule has 116 valence electrons. The van der Waals surface area contributed by atoms with Gasteiger partial charge in [-0.3, -0.25) is 4.99 Å². The molecule has 1 aromatic rings. The lowest BCUT2D eigenvalue weighted by molar-refractivity contribution is 0.387. The first-order valence-corrected chi connectivity index (χ1v) is 8.02. The summed E-state index contributed by atoms with van der Waals surface area (Å²) in [4.78, 5) is 6.79. The number of phenols is 1. The molecule has 0 radical (unpaired) electrons. The number of phenolic OH excluding ortho intramolecular Hbond substituents is 1. The van der Waals surface area contributed by atoms with Crippen molar-refractivity contribution >= 4 is 11.9 Å². The van der Waals surface area contributed by atoms with E-state index in [9.17, 15) is 5.11 Å². The third-order valence-electron chi connectivity index (χ3n) is 4.33. The zero-order valence-corrected chi connectivity index (χ0v) is 13.1. The molecule has 0 saturated heterocycles. The normalized spacial score (nSPS) is 22.6. The highest BCUT2D eigenvalue weighted by atomic mass is 16.3. The van der Waals surface area contributed by atoms with E-state index < -0.39 is 0 Å². The molecule has 0 aliphatic heterocycles. The van der Waals surface area contributed by atoms with Crippen LogP contribution in [0.3, 0.4) is 0 Å². The summed E-state index contributed by atoms with van der Waals surface area (Å²) in [6.45, 7) is 6.08. The van der Waals surface area contributed by atoms with Crippen LogP contribution in [0.2, 0.25) is 0 Å². The van der Waals surface area contributed by atoms with Crippen molar-refractivity contribution in [3.8, 4) is 5.75 Å². The molecule has 3 N–H and O–H groups in total. The number of rotatable bonds is 5. The molecule has 4 nitrogen and oxygen atoms in total. The molecule has 0 spiro atoms.